The van der Waals surface area contributed by atoms with Gasteiger partial charge in [-0.2, -0.15) is 13.2 Å². The van der Waals surface area contributed by atoms with E-state index in [2.05, 4.69) is 0 Å². The van der Waals surface area contributed by atoms with Gasteiger partial charge in [-0.1, -0.05) is 12.1 Å². The van der Waals surface area contributed by atoms with Crippen molar-refractivity contribution in [3.8, 4) is 17.2 Å². The molecule has 1 N–H and O–H groups in total. The predicted octanol–water partition coefficient (Wildman–Crippen LogP) is 5.74. The summed E-state index contributed by atoms with van der Waals surface area (Å²) in [6.07, 6.45) is -0.576. The average Bonchev–Trinajstić information content (AvgIpc) is 2.83. The second-order valence-corrected chi connectivity index (χ2v) is 8.49. The van der Waals surface area contributed by atoms with Crippen molar-refractivity contribution in [2.24, 2.45) is 0 Å². The molecule has 0 aliphatic carbocycles. The van der Waals surface area contributed by atoms with Gasteiger partial charge in [0.15, 0.2) is 0 Å². The Hall–Kier alpha value is -3.24. The van der Waals surface area contributed by atoms with Gasteiger partial charge >= 0.3 is 12.1 Å². The van der Waals surface area contributed by atoms with Crippen molar-refractivity contribution in [1.29, 1.82) is 0 Å². The van der Waals surface area contributed by atoms with Crippen LogP contribution in [0.3, 0.4) is 0 Å². The molecular weight excluding hydrogens is 518 g/mol. The standard InChI is InChI=1S/C26H25F4NO5.ClH/c1-2-34-23-6-5-16(9-21(23)26(28,29)30)14-35-19-10-22(27)20-8-17(15-36-24(20)11-19)12-31-7-3-4-18(13-31)25(32)33;/h4-6,8-11H,2-3,7,12-15H2,1H3,(H,32,33);1H. The molecule has 0 fully saturated rings. The molecule has 4 rings (SSSR count). The molecule has 0 saturated carbocycles. The number of halogens is 5. The molecule has 2 aromatic carbocycles. The quantitative estimate of drug-likeness (QED) is 0.429. The van der Waals surface area contributed by atoms with Crippen LogP contribution in [0, 0.1) is 5.82 Å². The highest BCUT2D eigenvalue weighted by atomic mass is 35.5. The van der Waals surface area contributed by atoms with E-state index >= 15 is 0 Å². The number of benzene rings is 2. The number of carboxylic acids is 1. The van der Waals surface area contributed by atoms with Crippen LogP contribution in [-0.4, -0.2) is 48.8 Å². The van der Waals surface area contributed by atoms with Crippen molar-refractivity contribution in [2.75, 3.05) is 32.8 Å². The lowest BCUT2D eigenvalue weighted by molar-refractivity contribution is -0.139. The van der Waals surface area contributed by atoms with E-state index in [9.17, 15) is 27.5 Å². The summed E-state index contributed by atoms with van der Waals surface area (Å²) in [6, 6.07) is 6.32. The van der Waals surface area contributed by atoms with Gasteiger partial charge in [0, 0.05) is 37.3 Å². The third-order valence-electron chi connectivity index (χ3n) is 5.81. The van der Waals surface area contributed by atoms with Crippen LogP contribution in [0.1, 0.15) is 30.0 Å². The Kier molecular flexibility index (Phi) is 9.09. The second kappa shape index (κ2) is 11.9. The number of fused-ring (bicyclic) bond motifs is 1. The summed E-state index contributed by atoms with van der Waals surface area (Å²) in [6.45, 7) is 3.13. The summed E-state index contributed by atoms with van der Waals surface area (Å²) in [5.41, 5.74) is 0.735. The Balaban J connectivity index is 0.00000380. The minimum absolute atomic E-state index is 0. The largest absolute Gasteiger partial charge is 0.493 e. The van der Waals surface area contributed by atoms with E-state index in [1.807, 2.05) is 4.90 Å². The first kappa shape index (κ1) is 28.3. The van der Waals surface area contributed by atoms with Crippen LogP contribution < -0.4 is 14.2 Å². The summed E-state index contributed by atoms with van der Waals surface area (Å²) in [5.74, 6) is -1.41. The highest BCUT2D eigenvalue weighted by Crippen LogP contribution is 2.38. The van der Waals surface area contributed by atoms with Gasteiger partial charge in [0.2, 0.25) is 0 Å². The number of hydrogen-bond acceptors (Lipinski definition) is 5. The number of aliphatic carboxylic acids is 1. The monoisotopic (exact) mass is 543 g/mol. The van der Waals surface area contributed by atoms with E-state index in [0.29, 0.717) is 31.6 Å². The Morgan fingerprint density at radius 3 is 2.68 bits per heavy atom. The molecule has 0 aromatic heterocycles. The minimum Gasteiger partial charge on any atom is -0.493 e. The van der Waals surface area contributed by atoms with Crippen LogP contribution in [0.2, 0.25) is 0 Å². The molecule has 2 aromatic rings. The molecule has 0 radical (unpaired) electrons. The molecule has 0 amide bonds. The zero-order valence-corrected chi connectivity index (χ0v) is 20.8. The Bertz CT molecular complexity index is 1210. The highest BCUT2D eigenvalue weighted by Gasteiger charge is 2.34. The SMILES string of the molecule is CCOc1ccc(COc2cc(F)c3c(c2)OCC(CN2CCC=C(C(=O)O)C2)=C3)cc1C(F)(F)F.Cl. The first-order valence-electron chi connectivity index (χ1n) is 11.4. The maximum atomic E-state index is 14.9. The number of nitrogens with zero attached hydrogens (tertiary/aromatic N) is 1. The summed E-state index contributed by atoms with van der Waals surface area (Å²) in [7, 11) is 0. The summed E-state index contributed by atoms with van der Waals surface area (Å²) in [4.78, 5) is 13.2. The maximum absolute atomic E-state index is 14.9. The number of carbonyl (C=O) groups is 1. The van der Waals surface area contributed by atoms with Gasteiger partial charge in [0.25, 0.3) is 0 Å². The van der Waals surface area contributed by atoms with Crippen LogP contribution in [-0.2, 0) is 17.6 Å². The van der Waals surface area contributed by atoms with Crippen molar-refractivity contribution in [3.05, 3.63) is 70.1 Å². The molecule has 0 atom stereocenters. The maximum Gasteiger partial charge on any atom is 0.419 e. The topological polar surface area (TPSA) is 68.2 Å². The Morgan fingerprint density at radius 1 is 1.19 bits per heavy atom. The smallest absolute Gasteiger partial charge is 0.419 e. The molecule has 0 unspecified atom stereocenters. The first-order chi connectivity index (χ1) is 17.1. The van der Waals surface area contributed by atoms with Crippen molar-refractivity contribution < 1.29 is 41.7 Å². The van der Waals surface area contributed by atoms with Crippen molar-refractivity contribution in [3.63, 3.8) is 0 Å². The van der Waals surface area contributed by atoms with E-state index in [4.69, 9.17) is 14.2 Å². The van der Waals surface area contributed by atoms with Crippen molar-refractivity contribution in [1.82, 2.24) is 4.90 Å². The van der Waals surface area contributed by atoms with E-state index in [0.717, 1.165) is 17.7 Å². The summed E-state index contributed by atoms with van der Waals surface area (Å²) in [5, 5.41) is 9.20. The molecular formula is C26H26ClF4NO5. The van der Waals surface area contributed by atoms with Crippen LogP contribution in [0.5, 0.6) is 17.2 Å². The Morgan fingerprint density at radius 2 is 1.97 bits per heavy atom. The van der Waals surface area contributed by atoms with Gasteiger partial charge in [0.05, 0.1) is 17.7 Å². The molecule has 6 nitrogen and oxygen atoms in total. The summed E-state index contributed by atoms with van der Waals surface area (Å²) < 4.78 is 71.3. The average molecular weight is 544 g/mol. The number of hydrogen-bond donors (Lipinski definition) is 1. The van der Waals surface area contributed by atoms with Crippen molar-refractivity contribution in [2.45, 2.75) is 26.1 Å². The number of rotatable bonds is 8. The van der Waals surface area contributed by atoms with Gasteiger partial charge in [-0.15, -0.1) is 12.4 Å². The zero-order valence-electron chi connectivity index (χ0n) is 19.9. The molecule has 0 bridgehead atoms. The lowest BCUT2D eigenvalue weighted by atomic mass is 10.0. The molecule has 2 aliphatic heterocycles. The third-order valence-corrected chi connectivity index (χ3v) is 5.81. The van der Waals surface area contributed by atoms with Crippen molar-refractivity contribution >= 4 is 24.5 Å². The highest BCUT2D eigenvalue weighted by molar-refractivity contribution is 5.87. The zero-order chi connectivity index (χ0) is 25.9. The molecule has 37 heavy (non-hydrogen) atoms. The summed E-state index contributed by atoms with van der Waals surface area (Å²) >= 11 is 0. The first-order valence-corrected chi connectivity index (χ1v) is 11.4. The number of ether oxygens (including phenoxy) is 3. The van der Waals surface area contributed by atoms with Gasteiger partial charge in [-0.3, -0.25) is 4.90 Å². The van der Waals surface area contributed by atoms with Gasteiger partial charge in [0.1, 0.15) is 36.3 Å². The lowest BCUT2D eigenvalue weighted by Crippen LogP contribution is -2.35. The minimum atomic E-state index is -4.59. The fourth-order valence-corrected chi connectivity index (χ4v) is 4.14. The van der Waals surface area contributed by atoms with Gasteiger partial charge in [-0.05, 0) is 42.7 Å². The van der Waals surface area contributed by atoms with E-state index in [-0.39, 0.29) is 60.6 Å². The van der Waals surface area contributed by atoms with E-state index in [1.165, 1.54) is 18.2 Å². The Labute approximate surface area is 217 Å². The molecule has 200 valence electrons. The predicted molar refractivity (Wildman–Crippen MR) is 131 cm³/mol. The van der Waals surface area contributed by atoms with E-state index in [1.54, 1.807) is 19.1 Å². The van der Waals surface area contributed by atoms with Crippen LogP contribution in [0.4, 0.5) is 17.6 Å². The van der Waals surface area contributed by atoms with Gasteiger partial charge in [-0.25, -0.2) is 9.18 Å². The fourth-order valence-electron chi connectivity index (χ4n) is 4.14. The molecule has 0 saturated heterocycles. The fraction of sp³-hybridized carbons (Fsp3) is 0.346. The molecule has 11 heteroatoms. The third kappa shape index (κ3) is 6.95. The second-order valence-electron chi connectivity index (χ2n) is 8.49. The molecule has 2 heterocycles. The van der Waals surface area contributed by atoms with Crippen LogP contribution >= 0.6 is 12.4 Å². The van der Waals surface area contributed by atoms with E-state index < -0.39 is 23.5 Å². The van der Waals surface area contributed by atoms with Crippen LogP contribution in [0.15, 0.2) is 47.6 Å². The number of alkyl halides is 3. The number of carboxylic acid groups (broad SMARTS) is 1. The molecule has 0 spiro atoms. The normalized spacial score (nSPS) is 15.5. The lowest BCUT2D eigenvalue weighted by Gasteiger charge is -2.28. The van der Waals surface area contributed by atoms with Gasteiger partial charge < -0.3 is 19.3 Å². The van der Waals surface area contributed by atoms with Crippen LogP contribution in [0.25, 0.3) is 6.08 Å². The molecule has 2 aliphatic rings.